The molecule has 0 bridgehead atoms. The number of thiazole rings is 1. The van der Waals surface area contributed by atoms with Crippen molar-refractivity contribution in [3.8, 4) is 0 Å². The maximum Gasteiger partial charge on any atom is 0.347 e. The summed E-state index contributed by atoms with van der Waals surface area (Å²) >= 11 is 1.20. The number of methoxy groups -OCH3 is 1. The second kappa shape index (κ2) is 5.34. The molecule has 0 unspecified atom stereocenters. The Morgan fingerprint density at radius 1 is 1.50 bits per heavy atom. The second-order valence-electron chi connectivity index (χ2n) is 4.75. The van der Waals surface area contributed by atoms with Crippen molar-refractivity contribution < 1.29 is 14.6 Å². The van der Waals surface area contributed by atoms with Crippen molar-refractivity contribution in [1.82, 2.24) is 4.98 Å². The molecule has 0 atom stereocenters. The van der Waals surface area contributed by atoms with E-state index >= 15 is 0 Å². The number of rotatable bonds is 4. The molecule has 0 spiro atoms. The molecule has 1 aliphatic carbocycles. The molecule has 1 saturated carbocycles. The van der Waals surface area contributed by atoms with Gasteiger partial charge in [0, 0.05) is 7.11 Å². The van der Waals surface area contributed by atoms with Crippen LogP contribution in [0.1, 0.15) is 52.5 Å². The van der Waals surface area contributed by atoms with E-state index < -0.39 is 11.5 Å². The van der Waals surface area contributed by atoms with Gasteiger partial charge >= 0.3 is 5.97 Å². The Balaban J connectivity index is 2.33. The number of carboxylic acid groups (broad SMARTS) is 1. The fraction of sp³-hybridized carbons (Fsp3) is 0.667. The van der Waals surface area contributed by atoms with Crippen molar-refractivity contribution in [3.63, 3.8) is 0 Å². The summed E-state index contributed by atoms with van der Waals surface area (Å²) in [7, 11) is 1.53. The van der Waals surface area contributed by atoms with E-state index in [-0.39, 0.29) is 11.5 Å². The number of carbonyl (C=O) groups is 1. The summed E-state index contributed by atoms with van der Waals surface area (Å²) in [6.45, 7) is 0.216. The van der Waals surface area contributed by atoms with Crippen LogP contribution < -0.4 is 5.73 Å². The van der Waals surface area contributed by atoms with Crippen molar-refractivity contribution in [2.24, 2.45) is 5.73 Å². The fourth-order valence-electron chi connectivity index (χ4n) is 2.36. The average molecular weight is 270 g/mol. The van der Waals surface area contributed by atoms with Crippen LogP contribution in [0.2, 0.25) is 0 Å². The third kappa shape index (κ3) is 2.55. The van der Waals surface area contributed by atoms with Crippen LogP contribution in [0.4, 0.5) is 0 Å². The highest BCUT2D eigenvalue weighted by atomic mass is 32.1. The molecule has 0 aromatic carbocycles. The van der Waals surface area contributed by atoms with Crippen LogP contribution in [0.5, 0.6) is 0 Å². The predicted octanol–water partition coefficient (Wildman–Crippen LogP) is 2.11. The molecule has 0 amide bonds. The van der Waals surface area contributed by atoms with Crippen molar-refractivity contribution in [3.05, 3.63) is 15.6 Å². The van der Waals surface area contributed by atoms with Gasteiger partial charge in [-0.2, -0.15) is 0 Å². The molecular formula is C12H18N2O3S. The zero-order chi connectivity index (χ0) is 13.2. The van der Waals surface area contributed by atoms with Gasteiger partial charge < -0.3 is 15.6 Å². The van der Waals surface area contributed by atoms with Gasteiger partial charge in [0.1, 0.15) is 9.88 Å². The molecule has 100 valence electrons. The van der Waals surface area contributed by atoms with Crippen LogP contribution in [0.3, 0.4) is 0 Å². The lowest BCUT2D eigenvalue weighted by Crippen LogP contribution is -2.38. The van der Waals surface area contributed by atoms with Crippen LogP contribution in [-0.4, -0.2) is 23.2 Å². The minimum absolute atomic E-state index is 0.216. The Morgan fingerprint density at radius 2 is 2.17 bits per heavy atom. The van der Waals surface area contributed by atoms with Crippen LogP contribution >= 0.6 is 11.3 Å². The molecule has 1 fully saturated rings. The summed E-state index contributed by atoms with van der Waals surface area (Å²) < 4.78 is 4.99. The van der Waals surface area contributed by atoms with E-state index in [2.05, 4.69) is 4.98 Å². The number of aromatic nitrogens is 1. The Morgan fingerprint density at radius 3 is 2.72 bits per heavy atom. The highest BCUT2D eigenvalue weighted by molar-refractivity contribution is 7.13. The molecule has 6 heteroatoms. The van der Waals surface area contributed by atoms with Crippen molar-refractivity contribution >= 4 is 17.3 Å². The summed E-state index contributed by atoms with van der Waals surface area (Å²) in [4.78, 5) is 15.8. The van der Waals surface area contributed by atoms with E-state index in [0.29, 0.717) is 5.69 Å². The van der Waals surface area contributed by atoms with E-state index in [1.807, 2.05) is 0 Å². The van der Waals surface area contributed by atoms with Crippen LogP contribution in [-0.2, 0) is 16.9 Å². The molecule has 1 aromatic rings. The van der Waals surface area contributed by atoms with E-state index in [4.69, 9.17) is 15.6 Å². The molecule has 5 nitrogen and oxygen atoms in total. The van der Waals surface area contributed by atoms with Gasteiger partial charge in [0.25, 0.3) is 0 Å². The smallest absolute Gasteiger partial charge is 0.347 e. The first-order chi connectivity index (χ1) is 8.57. The number of ether oxygens (including phenoxy) is 1. The summed E-state index contributed by atoms with van der Waals surface area (Å²) in [5.74, 6) is -0.954. The third-order valence-electron chi connectivity index (χ3n) is 3.34. The topological polar surface area (TPSA) is 85.4 Å². The molecule has 18 heavy (non-hydrogen) atoms. The molecular weight excluding hydrogens is 252 g/mol. The maximum atomic E-state index is 11.2. The summed E-state index contributed by atoms with van der Waals surface area (Å²) in [6.07, 6.45) is 5.12. The first-order valence-electron chi connectivity index (χ1n) is 6.08. The predicted molar refractivity (Wildman–Crippen MR) is 68.7 cm³/mol. The molecule has 1 aromatic heterocycles. The molecule has 0 saturated heterocycles. The van der Waals surface area contributed by atoms with Gasteiger partial charge in [-0.25, -0.2) is 9.78 Å². The number of carboxylic acids is 1. The lowest BCUT2D eigenvalue weighted by molar-refractivity contribution is 0.0697. The summed E-state index contributed by atoms with van der Waals surface area (Å²) in [5, 5.41) is 9.90. The molecule has 2 rings (SSSR count). The third-order valence-corrected chi connectivity index (χ3v) is 4.65. The number of hydrogen-bond acceptors (Lipinski definition) is 5. The van der Waals surface area contributed by atoms with Crippen molar-refractivity contribution in [1.29, 1.82) is 0 Å². The van der Waals surface area contributed by atoms with Gasteiger partial charge in [0.15, 0.2) is 0 Å². The maximum absolute atomic E-state index is 11.2. The van der Waals surface area contributed by atoms with Crippen LogP contribution in [0.15, 0.2) is 0 Å². The van der Waals surface area contributed by atoms with Gasteiger partial charge in [0.2, 0.25) is 0 Å². The Hall–Kier alpha value is -0.980. The SMILES string of the molecule is COCc1nc(C2(N)CCCCC2)sc1C(=O)O. The lowest BCUT2D eigenvalue weighted by atomic mass is 9.83. The highest BCUT2D eigenvalue weighted by Crippen LogP contribution is 2.37. The number of nitrogens with zero attached hydrogens (tertiary/aromatic N) is 1. The Bertz CT molecular complexity index is 439. The zero-order valence-corrected chi connectivity index (χ0v) is 11.3. The van der Waals surface area contributed by atoms with Gasteiger partial charge in [0.05, 0.1) is 17.8 Å². The molecule has 3 N–H and O–H groups in total. The van der Waals surface area contributed by atoms with Gasteiger partial charge in [-0.1, -0.05) is 19.3 Å². The number of hydrogen-bond donors (Lipinski definition) is 2. The van der Waals surface area contributed by atoms with E-state index in [1.165, 1.54) is 24.9 Å². The fourth-order valence-corrected chi connectivity index (χ4v) is 3.43. The van der Waals surface area contributed by atoms with Crippen molar-refractivity contribution in [2.75, 3.05) is 7.11 Å². The quantitative estimate of drug-likeness (QED) is 0.875. The van der Waals surface area contributed by atoms with Gasteiger partial charge in [-0.3, -0.25) is 0 Å². The van der Waals surface area contributed by atoms with Crippen molar-refractivity contribution in [2.45, 2.75) is 44.2 Å². The average Bonchev–Trinajstić information content (AvgIpc) is 2.75. The Labute approximate surface area is 110 Å². The number of aromatic carboxylic acids is 1. The minimum Gasteiger partial charge on any atom is -0.477 e. The monoisotopic (exact) mass is 270 g/mol. The van der Waals surface area contributed by atoms with Gasteiger partial charge in [-0.15, -0.1) is 11.3 Å². The molecule has 0 radical (unpaired) electrons. The zero-order valence-electron chi connectivity index (χ0n) is 10.4. The minimum atomic E-state index is -0.954. The summed E-state index contributed by atoms with van der Waals surface area (Å²) in [5.41, 5.74) is 6.41. The Kier molecular flexibility index (Phi) is 3.99. The van der Waals surface area contributed by atoms with Crippen LogP contribution in [0, 0.1) is 0 Å². The molecule has 0 aliphatic heterocycles. The highest BCUT2D eigenvalue weighted by Gasteiger charge is 2.34. The summed E-state index contributed by atoms with van der Waals surface area (Å²) in [6, 6.07) is 0. The van der Waals surface area contributed by atoms with E-state index in [9.17, 15) is 4.79 Å². The first-order valence-corrected chi connectivity index (χ1v) is 6.90. The largest absolute Gasteiger partial charge is 0.477 e. The van der Waals surface area contributed by atoms with E-state index in [1.54, 1.807) is 0 Å². The lowest BCUT2D eigenvalue weighted by Gasteiger charge is -2.31. The molecule has 1 heterocycles. The second-order valence-corrected chi connectivity index (χ2v) is 5.75. The standard InChI is InChI=1S/C12H18N2O3S/c1-17-7-8-9(10(15)16)18-11(14-8)12(13)5-3-2-4-6-12/h2-7,13H2,1H3,(H,15,16). The van der Waals surface area contributed by atoms with Gasteiger partial charge in [-0.05, 0) is 12.8 Å². The first kappa shape index (κ1) is 13.5. The number of nitrogens with two attached hydrogens (primary N) is 1. The molecule has 1 aliphatic rings. The van der Waals surface area contributed by atoms with Crippen LogP contribution in [0.25, 0.3) is 0 Å². The normalized spacial score (nSPS) is 18.8. The van der Waals surface area contributed by atoms with E-state index in [0.717, 1.165) is 30.7 Å².